The number of rotatable bonds is 10. The molecule has 0 fully saturated rings. The first-order valence-corrected chi connectivity index (χ1v) is 9.85. The van der Waals surface area contributed by atoms with Crippen LogP contribution in [0.5, 0.6) is 17.2 Å². The van der Waals surface area contributed by atoms with E-state index < -0.39 is 12.0 Å². The molecule has 1 atom stereocenters. The maximum absolute atomic E-state index is 12.0. The van der Waals surface area contributed by atoms with Crippen molar-refractivity contribution in [2.75, 3.05) is 26.4 Å². The number of ether oxygens (including phenoxy) is 3. The molecule has 0 radical (unpaired) electrons. The normalized spacial score (nSPS) is 11.3. The number of amides is 1. The fraction of sp³-hybridized carbons (Fsp3) is 0.333. The summed E-state index contributed by atoms with van der Waals surface area (Å²) in [4.78, 5) is 12.0. The van der Waals surface area contributed by atoms with E-state index >= 15 is 0 Å². The van der Waals surface area contributed by atoms with Crippen molar-refractivity contribution >= 4 is 21.8 Å². The van der Waals surface area contributed by atoms with Crippen LogP contribution in [0.1, 0.15) is 18.1 Å². The molecule has 2 aromatic carbocycles. The van der Waals surface area contributed by atoms with Gasteiger partial charge in [-0.25, -0.2) is 0 Å². The van der Waals surface area contributed by atoms with Crippen LogP contribution < -0.4 is 19.5 Å². The molecular weight excluding hydrogens is 440 g/mol. The molecule has 2 rings (SSSR count). The molecule has 1 unspecified atom stereocenters. The van der Waals surface area contributed by atoms with Crippen molar-refractivity contribution in [3.63, 3.8) is 0 Å². The van der Waals surface area contributed by atoms with Gasteiger partial charge in [-0.3, -0.25) is 4.79 Å². The maximum atomic E-state index is 12.0. The van der Waals surface area contributed by atoms with Gasteiger partial charge in [0.15, 0.2) is 18.1 Å². The summed E-state index contributed by atoms with van der Waals surface area (Å²) in [5.41, 5.74) is 1.47. The average Bonchev–Trinajstić information content (AvgIpc) is 2.70. The van der Waals surface area contributed by atoms with Gasteiger partial charge in [-0.05, 0) is 53.5 Å². The molecule has 0 aliphatic rings. The number of nitrogens with one attached hydrogen (secondary N) is 1. The Kier molecular flexibility index (Phi) is 8.77. The lowest BCUT2D eigenvalue weighted by molar-refractivity contribution is -0.123. The third-order valence-corrected chi connectivity index (χ3v) is 4.34. The van der Waals surface area contributed by atoms with Crippen LogP contribution in [0.2, 0.25) is 0 Å². The van der Waals surface area contributed by atoms with Crippen LogP contribution in [-0.4, -0.2) is 43.5 Å². The van der Waals surface area contributed by atoms with Gasteiger partial charge in [0.05, 0.1) is 22.7 Å². The number of aryl methyl sites for hydroxylation is 1. The first-order valence-electron chi connectivity index (χ1n) is 9.06. The van der Waals surface area contributed by atoms with Crippen molar-refractivity contribution in [1.82, 2.24) is 5.32 Å². The molecule has 0 saturated heterocycles. The Morgan fingerprint density at radius 3 is 2.76 bits per heavy atom. The second kappa shape index (κ2) is 11.3. The van der Waals surface area contributed by atoms with Gasteiger partial charge < -0.3 is 24.6 Å². The van der Waals surface area contributed by atoms with Crippen molar-refractivity contribution in [3.05, 3.63) is 52.0 Å². The predicted molar refractivity (Wildman–Crippen MR) is 111 cm³/mol. The Bertz CT molecular complexity index is 882. The van der Waals surface area contributed by atoms with Gasteiger partial charge in [-0.1, -0.05) is 12.1 Å². The summed E-state index contributed by atoms with van der Waals surface area (Å²) < 4.78 is 17.1. The van der Waals surface area contributed by atoms with Crippen LogP contribution >= 0.6 is 15.9 Å². The summed E-state index contributed by atoms with van der Waals surface area (Å²) in [5, 5.41) is 21.6. The van der Waals surface area contributed by atoms with Crippen LogP contribution in [0, 0.1) is 18.3 Å². The van der Waals surface area contributed by atoms with E-state index in [0.717, 1.165) is 5.56 Å². The first kappa shape index (κ1) is 22.5. The Hall–Kier alpha value is -2.76. The highest BCUT2D eigenvalue weighted by Gasteiger charge is 2.15. The quantitative estimate of drug-likeness (QED) is 0.562. The van der Waals surface area contributed by atoms with Gasteiger partial charge >= 0.3 is 0 Å². The minimum atomic E-state index is -0.861. The monoisotopic (exact) mass is 462 g/mol. The summed E-state index contributed by atoms with van der Waals surface area (Å²) in [6.45, 7) is 3.96. The minimum Gasteiger partial charge on any atom is -0.491 e. The lowest BCUT2D eigenvalue weighted by Crippen LogP contribution is -2.37. The molecule has 0 aromatic heterocycles. The molecule has 0 aliphatic heterocycles. The molecule has 0 spiro atoms. The van der Waals surface area contributed by atoms with E-state index in [4.69, 9.17) is 19.5 Å². The van der Waals surface area contributed by atoms with Crippen molar-refractivity contribution in [2.45, 2.75) is 20.0 Å². The third-order valence-electron chi connectivity index (χ3n) is 3.75. The largest absolute Gasteiger partial charge is 0.491 e. The zero-order valence-electron chi connectivity index (χ0n) is 16.3. The number of carbonyl (C=O) groups is 1. The highest BCUT2D eigenvalue weighted by molar-refractivity contribution is 9.10. The van der Waals surface area contributed by atoms with Gasteiger partial charge in [0.25, 0.3) is 5.91 Å². The summed E-state index contributed by atoms with van der Waals surface area (Å²) in [6.07, 6.45) is -0.861. The van der Waals surface area contributed by atoms with E-state index in [-0.39, 0.29) is 19.8 Å². The van der Waals surface area contributed by atoms with Gasteiger partial charge in [0.2, 0.25) is 0 Å². The topological polar surface area (TPSA) is 101 Å². The number of aliphatic hydroxyl groups is 1. The van der Waals surface area contributed by atoms with Crippen LogP contribution in [-0.2, 0) is 4.79 Å². The van der Waals surface area contributed by atoms with Crippen molar-refractivity contribution in [2.24, 2.45) is 0 Å². The molecular formula is C21H23BrN2O5. The van der Waals surface area contributed by atoms with E-state index in [1.165, 1.54) is 0 Å². The molecule has 7 nitrogen and oxygen atoms in total. The van der Waals surface area contributed by atoms with Crippen molar-refractivity contribution in [1.29, 1.82) is 5.26 Å². The second-order valence-corrected chi connectivity index (χ2v) is 7.06. The highest BCUT2D eigenvalue weighted by atomic mass is 79.9. The molecule has 2 N–H and O–H groups in total. The lowest BCUT2D eigenvalue weighted by atomic mass is 10.2. The fourth-order valence-electron chi connectivity index (χ4n) is 2.41. The van der Waals surface area contributed by atoms with E-state index in [2.05, 4.69) is 21.2 Å². The fourth-order valence-corrected chi connectivity index (χ4v) is 2.97. The van der Waals surface area contributed by atoms with Crippen LogP contribution in [0.3, 0.4) is 0 Å². The molecule has 29 heavy (non-hydrogen) atoms. The Morgan fingerprint density at radius 2 is 2.07 bits per heavy atom. The number of benzene rings is 2. The Balaban J connectivity index is 1.81. The third kappa shape index (κ3) is 7.29. The molecule has 0 saturated carbocycles. The van der Waals surface area contributed by atoms with Crippen LogP contribution in [0.15, 0.2) is 40.9 Å². The Morgan fingerprint density at radius 1 is 1.28 bits per heavy atom. The molecule has 0 heterocycles. The van der Waals surface area contributed by atoms with Crippen LogP contribution in [0.4, 0.5) is 0 Å². The molecule has 2 aromatic rings. The molecule has 0 bridgehead atoms. The molecule has 0 aliphatic carbocycles. The van der Waals surface area contributed by atoms with Crippen molar-refractivity contribution < 1.29 is 24.1 Å². The van der Waals surface area contributed by atoms with E-state index in [1.54, 1.807) is 18.2 Å². The maximum Gasteiger partial charge on any atom is 0.258 e. The van der Waals surface area contributed by atoms with Gasteiger partial charge in [0, 0.05) is 12.6 Å². The first-order chi connectivity index (χ1) is 13.9. The standard InChI is InChI=1S/C21H23BrN2O5/c1-3-27-19-9-15(10-23)8-18(22)21(19)29-13-20(26)24-11-16(25)12-28-17-6-4-5-14(2)7-17/h4-9,16,25H,3,11-13H2,1-2H3,(H,24,26). The van der Waals surface area contributed by atoms with Gasteiger partial charge in [-0.15, -0.1) is 0 Å². The van der Waals surface area contributed by atoms with Crippen LogP contribution in [0.25, 0.3) is 0 Å². The smallest absolute Gasteiger partial charge is 0.258 e. The molecule has 1 amide bonds. The lowest BCUT2D eigenvalue weighted by Gasteiger charge is -2.15. The zero-order valence-corrected chi connectivity index (χ0v) is 17.9. The zero-order chi connectivity index (χ0) is 21.2. The molecule has 8 heteroatoms. The van der Waals surface area contributed by atoms with E-state index in [0.29, 0.717) is 33.9 Å². The highest BCUT2D eigenvalue weighted by Crippen LogP contribution is 2.36. The number of halogens is 1. The van der Waals surface area contributed by atoms with E-state index in [1.807, 2.05) is 38.1 Å². The minimum absolute atomic E-state index is 0.0286. The number of hydrogen-bond acceptors (Lipinski definition) is 6. The van der Waals surface area contributed by atoms with Gasteiger partial charge in [-0.2, -0.15) is 5.26 Å². The number of nitriles is 1. The summed E-state index contributed by atoms with van der Waals surface area (Å²) in [7, 11) is 0. The number of aliphatic hydroxyl groups excluding tert-OH is 1. The predicted octanol–water partition coefficient (Wildman–Crippen LogP) is 2.96. The summed E-state index contributed by atoms with van der Waals surface area (Å²) >= 11 is 3.32. The Labute approximate surface area is 178 Å². The summed E-state index contributed by atoms with van der Waals surface area (Å²) in [6, 6.07) is 12.7. The average molecular weight is 463 g/mol. The second-order valence-electron chi connectivity index (χ2n) is 6.20. The number of nitrogens with zero attached hydrogens (tertiary/aromatic N) is 1. The van der Waals surface area contributed by atoms with Crippen molar-refractivity contribution in [3.8, 4) is 23.3 Å². The SMILES string of the molecule is CCOc1cc(C#N)cc(Br)c1OCC(=O)NCC(O)COc1cccc(C)c1. The van der Waals surface area contributed by atoms with Gasteiger partial charge in [0.1, 0.15) is 18.5 Å². The number of carbonyl (C=O) groups excluding carboxylic acids is 1. The summed E-state index contributed by atoms with van der Waals surface area (Å²) in [5.74, 6) is 0.966. The van der Waals surface area contributed by atoms with E-state index in [9.17, 15) is 9.90 Å². The molecule has 154 valence electrons. The number of hydrogen-bond donors (Lipinski definition) is 2.